The minimum Gasteiger partial charge on any atom is -0.327 e. The van der Waals surface area contributed by atoms with Crippen LogP contribution in [0.5, 0.6) is 0 Å². The molecule has 1 saturated carbocycles. The van der Waals surface area contributed by atoms with E-state index in [0.717, 1.165) is 25.8 Å². The molecule has 1 aromatic heterocycles. The highest BCUT2D eigenvalue weighted by Crippen LogP contribution is 2.39. The van der Waals surface area contributed by atoms with Gasteiger partial charge in [-0.1, -0.05) is 13.3 Å². The van der Waals surface area contributed by atoms with Gasteiger partial charge in [-0.05, 0) is 19.8 Å². The molecule has 1 aromatic rings. The third kappa shape index (κ3) is 1.67. The van der Waals surface area contributed by atoms with E-state index in [1.54, 1.807) is 10.9 Å². The van der Waals surface area contributed by atoms with Gasteiger partial charge in [0.15, 0.2) is 5.78 Å². The Balaban J connectivity index is 2.24. The number of ketones is 1. The van der Waals surface area contributed by atoms with E-state index in [1.165, 1.54) is 0 Å². The fraction of sp³-hybridized carbons (Fsp3) is 0.667. The predicted molar refractivity (Wildman–Crippen MR) is 62.2 cm³/mol. The van der Waals surface area contributed by atoms with Gasteiger partial charge in [-0.25, -0.2) is 0 Å². The van der Waals surface area contributed by atoms with Gasteiger partial charge < -0.3 is 5.73 Å². The van der Waals surface area contributed by atoms with Crippen LogP contribution in [0.3, 0.4) is 0 Å². The average Bonchev–Trinajstić information content (AvgIpc) is 2.86. The second kappa shape index (κ2) is 4.01. The summed E-state index contributed by atoms with van der Waals surface area (Å²) in [5.41, 5.74) is 6.35. The van der Waals surface area contributed by atoms with Crippen molar-refractivity contribution in [1.82, 2.24) is 9.78 Å². The monoisotopic (exact) mass is 221 g/mol. The van der Waals surface area contributed by atoms with Crippen molar-refractivity contribution < 1.29 is 4.79 Å². The lowest BCUT2D eigenvalue weighted by atomic mass is 9.79. The van der Waals surface area contributed by atoms with Crippen LogP contribution in [0.1, 0.15) is 43.5 Å². The number of aromatic nitrogens is 2. The highest BCUT2D eigenvalue weighted by molar-refractivity contribution is 6.00. The summed E-state index contributed by atoms with van der Waals surface area (Å²) < 4.78 is 1.77. The van der Waals surface area contributed by atoms with Gasteiger partial charge in [-0.3, -0.25) is 9.48 Å². The van der Waals surface area contributed by atoms with Gasteiger partial charge >= 0.3 is 0 Å². The SMILES string of the molecule is CCn1cc(C(=O)C2(C)CCCC2N)cn1. The first-order chi connectivity index (χ1) is 7.58. The smallest absolute Gasteiger partial charge is 0.173 e. The third-order valence-corrected chi connectivity index (χ3v) is 3.77. The Kier molecular flexibility index (Phi) is 2.84. The van der Waals surface area contributed by atoms with Gasteiger partial charge in [0, 0.05) is 24.2 Å². The summed E-state index contributed by atoms with van der Waals surface area (Å²) in [5.74, 6) is 0.150. The molecule has 0 aliphatic heterocycles. The number of aryl methyl sites for hydroxylation is 1. The van der Waals surface area contributed by atoms with Crippen molar-refractivity contribution in [3.63, 3.8) is 0 Å². The Morgan fingerprint density at radius 3 is 3.00 bits per heavy atom. The highest BCUT2D eigenvalue weighted by Gasteiger charge is 2.43. The van der Waals surface area contributed by atoms with E-state index in [0.29, 0.717) is 5.56 Å². The maximum Gasteiger partial charge on any atom is 0.173 e. The third-order valence-electron chi connectivity index (χ3n) is 3.77. The molecule has 2 unspecified atom stereocenters. The van der Waals surface area contributed by atoms with E-state index in [1.807, 2.05) is 20.0 Å². The van der Waals surface area contributed by atoms with Crippen LogP contribution >= 0.6 is 0 Å². The lowest BCUT2D eigenvalue weighted by Crippen LogP contribution is -2.41. The average molecular weight is 221 g/mol. The standard InChI is InChI=1S/C12H19N3O/c1-3-15-8-9(7-14-15)11(16)12(2)6-4-5-10(12)13/h7-8,10H,3-6,13H2,1-2H3. The number of carbonyl (C=O) groups excluding carboxylic acids is 1. The van der Waals surface area contributed by atoms with Crippen molar-refractivity contribution in [2.45, 2.75) is 45.7 Å². The van der Waals surface area contributed by atoms with Crippen LogP contribution in [0.2, 0.25) is 0 Å². The summed E-state index contributed by atoms with van der Waals surface area (Å²) in [4.78, 5) is 12.4. The molecule has 0 spiro atoms. The lowest BCUT2D eigenvalue weighted by Gasteiger charge is -2.26. The van der Waals surface area contributed by atoms with Gasteiger partial charge in [0.05, 0.1) is 11.8 Å². The summed E-state index contributed by atoms with van der Waals surface area (Å²) in [5, 5.41) is 4.14. The van der Waals surface area contributed by atoms with Crippen molar-refractivity contribution >= 4 is 5.78 Å². The molecule has 0 bridgehead atoms. The van der Waals surface area contributed by atoms with E-state index in [9.17, 15) is 4.79 Å². The molecule has 0 aromatic carbocycles. The number of Topliss-reactive ketones (excluding diaryl/α,β-unsaturated/α-hetero) is 1. The largest absolute Gasteiger partial charge is 0.327 e. The van der Waals surface area contributed by atoms with Crippen LogP contribution in [0, 0.1) is 5.41 Å². The number of hydrogen-bond acceptors (Lipinski definition) is 3. The molecule has 0 amide bonds. The number of carbonyl (C=O) groups is 1. The van der Waals surface area contributed by atoms with E-state index in [4.69, 9.17) is 5.73 Å². The van der Waals surface area contributed by atoms with E-state index in [-0.39, 0.29) is 17.2 Å². The molecule has 1 aliphatic rings. The quantitative estimate of drug-likeness (QED) is 0.789. The van der Waals surface area contributed by atoms with Crippen LogP contribution in [0.4, 0.5) is 0 Å². The molecule has 1 fully saturated rings. The summed E-state index contributed by atoms with van der Waals surface area (Å²) >= 11 is 0. The van der Waals surface area contributed by atoms with Crippen LogP contribution < -0.4 is 5.73 Å². The molecule has 2 rings (SSSR count). The topological polar surface area (TPSA) is 60.9 Å². The molecule has 4 nitrogen and oxygen atoms in total. The number of hydrogen-bond donors (Lipinski definition) is 1. The van der Waals surface area contributed by atoms with Crippen molar-refractivity contribution in [3.05, 3.63) is 18.0 Å². The van der Waals surface area contributed by atoms with E-state index >= 15 is 0 Å². The predicted octanol–water partition coefficient (Wildman–Crippen LogP) is 1.60. The second-order valence-corrected chi connectivity index (χ2v) is 4.83. The van der Waals surface area contributed by atoms with Crippen molar-refractivity contribution in [3.8, 4) is 0 Å². The Bertz CT molecular complexity index is 399. The van der Waals surface area contributed by atoms with Gasteiger partial charge in [0.2, 0.25) is 0 Å². The van der Waals surface area contributed by atoms with Gasteiger partial charge in [0.25, 0.3) is 0 Å². The zero-order valence-corrected chi connectivity index (χ0v) is 9.94. The molecule has 0 saturated heterocycles. The van der Waals surface area contributed by atoms with E-state index in [2.05, 4.69) is 5.10 Å². The molecule has 88 valence electrons. The van der Waals surface area contributed by atoms with Crippen molar-refractivity contribution in [1.29, 1.82) is 0 Å². The molecule has 16 heavy (non-hydrogen) atoms. The normalized spacial score (nSPS) is 29.6. The van der Waals surface area contributed by atoms with Gasteiger partial charge in [-0.2, -0.15) is 5.10 Å². The first-order valence-corrected chi connectivity index (χ1v) is 5.91. The maximum absolute atomic E-state index is 12.4. The van der Waals surface area contributed by atoms with Crippen molar-refractivity contribution in [2.75, 3.05) is 0 Å². The highest BCUT2D eigenvalue weighted by atomic mass is 16.1. The fourth-order valence-corrected chi connectivity index (χ4v) is 2.46. The molecule has 1 aliphatic carbocycles. The zero-order chi connectivity index (χ0) is 11.8. The molecular formula is C12H19N3O. The minimum atomic E-state index is -0.387. The Morgan fingerprint density at radius 2 is 2.50 bits per heavy atom. The van der Waals surface area contributed by atoms with Crippen LogP contribution in [0.25, 0.3) is 0 Å². The number of nitrogens with zero attached hydrogens (tertiary/aromatic N) is 2. The van der Waals surface area contributed by atoms with Crippen LogP contribution in [-0.4, -0.2) is 21.6 Å². The first-order valence-electron chi connectivity index (χ1n) is 5.91. The number of rotatable bonds is 3. The van der Waals surface area contributed by atoms with E-state index < -0.39 is 0 Å². The molecule has 4 heteroatoms. The van der Waals surface area contributed by atoms with Gasteiger partial charge in [0.1, 0.15) is 0 Å². The lowest BCUT2D eigenvalue weighted by molar-refractivity contribution is 0.0802. The molecule has 1 heterocycles. The Hall–Kier alpha value is -1.16. The fourth-order valence-electron chi connectivity index (χ4n) is 2.46. The molecule has 2 atom stereocenters. The van der Waals surface area contributed by atoms with Crippen LogP contribution in [0.15, 0.2) is 12.4 Å². The zero-order valence-electron chi connectivity index (χ0n) is 9.94. The molecular weight excluding hydrogens is 202 g/mol. The van der Waals surface area contributed by atoms with Crippen LogP contribution in [-0.2, 0) is 6.54 Å². The first kappa shape index (κ1) is 11.3. The number of nitrogens with two attached hydrogens (primary N) is 1. The van der Waals surface area contributed by atoms with Crippen molar-refractivity contribution in [2.24, 2.45) is 11.1 Å². The molecule has 2 N–H and O–H groups in total. The molecule has 0 radical (unpaired) electrons. The Morgan fingerprint density at radius 1 is 1.75 bits per heavy atom. The summed E-state index contributed by atoms with van der Waals surface area (Å²) in [6, 6.07) is -0.00928. The summed E-state index contributed by atoms with van der Waals surface area (Å²) in [6.07, 6.45) is 6.36. The van der Waals surface area contributed by atoms with Gasteiger partial charge in [-0.15, -0.1) is 0 Å². The maximum atomic E-state index is 12.4. The minimum absolute atomic E-state index is 0.00928. The second-order valence-electron chi connectivity index (χ2n) is 4.83. The Labute approximate surface area is 95.8 Å². The summed E-state index contributed by atoms with van der Waals surface area (Å²) in [7, 11) is 0. The summed E-state index contributed by atoms with van der Waals surface area (Å²) in [6.45, 7) is 4.77.